The van der Waals surface area contributed by atoms with Crippen molar-refractivity contribution in [3.05, 3.63) is 11.5 Å². The normalized spacial score (nSPS) is 21.4. The van der Waals surface area contributed by atoms with E-state index in [-0.39, 0.29) is 0 Å². The number of nitrogens with one attached hydrogen (secondary N) is 1. The van der Waals surface area contributed by atoms with Crippen LogP contribution in [0.3, 0.4) is 0 Å². The Bertz CT molecular complexity index is 384. The molecule has 17 heavy (non-hydrogen) atoms. The zero-order valence-electron chi connectivity index (χ0n) is 9.99. The molecule has 1 aliphatic heterocycles. The van der Waals surface area contributed by atoms with Crippen LogP contribution in [0.1, 0.15) is 19.8 Å². The molecule has 1 fully saturated rings. The molecule has 0 aromatic carbocycles. The Hall–Kier alpha value is -1.07. The topological polar surface area (TPSA) is 67.1 Å². The molecule has 1 aromatic heterocycles. The summed E-state index contributed by atoms with van der Waals surface area (Å²) in [4.78, 5) is 10.4. The fourth-order valence-corrected chi connectivity index (χ4v) is 2.28. The number of nitrogens with two attached hydrogens (primary N) is 1. The average molecular weight is 256 g/mol. The van der Waals surface area contributed by atoms with Gasteiger partial charge in [0.25, 0.3) is 0 Å². The molecule has 94 valence electrons. The molecular weight excluding hydrogens is 238 g/mol. The van der Waals surface area contributed by atoms with Crippen LogP contribution in [-0.2, 0) is 0 Å². The van der Waals surface area contributed by atoms with Crippen molar-refractivity contribution < 1.29 is 0 Å². The Morgan fingerprint density at radius 2 is 2.41 bits per heavy atom. The summed E-state index contributed by atoms with van der Waals surface area (Å²) in [5, 5.41) is 3.66. The van der Waals surface area contributed by atoms with Gasteiger partial charge in [-0.15, -0.1) is 0 Å². The van der Waals surface area contributed by atoms with Crippen molar-refractivity contribution in [1.82, 2.24) is 14.9 Å². The number of anilines is 2. The number of rotatable bonds is 3. The maximum Gasteiger partial charge on any atom is 0.157 e. The van der Waals surface area contributed by atoms with Gasteiger partial charge in [-0.1, -0.05) is 18.5 Å². The second-order valence-corrected chi connectivity index (χ2v) is 4.66. The second kappa shape index (κ2) is 5.51. The van der Waals surface area contributed by atoms with E-state index in [1.807, 2.05) is 0 Å². The fraction of sp³-hybridized carbons (Fsp3) is 0.636. The highest BCUT2D eigenvalue weighted by Gasteiger charge is 2.19. The van der Waals surface area contributed by atoms with Crippen molar-refractivity contribution in [2.75, 3.05) is 30.7 Å². The van der Waals surface area contributed by atoms with E-state index in [0.717, 1.165) is 19.5 Å². The van der Waals surface area contributed by atoms with E-state index in [1.165, 1.54) is 19.3 Å². The smallest absolute Gasteiger partial charge is 0.157 e. The van der Waals surface area contributed by atoms with E-state index < -0.39 is 0 Å². The minimum atomic E-state index is 0.311. The minimum Gasteiger partial charge on any atom is -0.393 e. The maximum absolute atomic E-state index is 5.86. The number of likely N-dealkylation sites (tertiary alicyclic amines) is 1. The zero-order valence-corrected chi connectivity index (χ0v) is 10.7. The standard InChI is InChI=1S/C11H18ClN5/c1-2-17-5-3-4-8(6-17)16-11-9(13)10(12)14-7-15-11/h7-8H,2-6,13H2,1H3,(H,14,15,16). The van der Waals surface area contributed by atoms with Crippen molar-refractivity contribution in [2.45, 2.75) is 25.8 Å². The molecule has 6 heteroatoms. The number of hydrogen-bond donors (Lipinski definition) is 2. The van der Waals surface area contributed by atoms with Gasteiger partial charge in [0.05, 0.1) is 0 Å². The fourth-order valence-electron chi connectivity index (χ4n) is 2.14. The lowest BCUT2D eigenvalue weighted by atomic mass is 10.1. The van der Waals surface area contributed by atoms with E-state index in [0.29, 0.717) is 22.7 Å². The SMILES string of the molecule is CCN1CCCC(Nc2ncnc(Cl)c2N)C1. The summed E-state index contributed by atoms with van der Waals surface area (Å²) in [6.45, 7) is 5.46. The molecule has 0 bridgehead atoms. The quantitative estimate of drug-likeness (QED) is 0.804. The molecule has 1 unspecified atom stereocenters. The van der Waals surface area contributed by atoms with Crippen LogP contribution in [-0.4, -0.2) is 40.5 Å². The first-order chi connectivity index (χ1) is 8.20. The summed E-state index contributed by atoms with van der Waals surface area (Å²) < 4.78 is 0. The lowest BCUT2D eigenvalue weighted by molar-refractivity contribution is 0.226. The highest BCUT2D eigenvalue weighted by Crippen LogP contribution is 2.24. The molecule has 1 saturated heterocycles. The van der Waals surface area contributed by atoms with Crippen LogP contribution in [0, 0.1) is 0 Å². The molecule has 1 aromatic rings. The predicted octanol–water partition coefficient (Wildman–Crippen LogP) is 1.61. The van der Waals surface area contributed by atoms with Gasteiger partial charge in [-0.05, 0) is 25.9 Å². The van der Waals surface area contributed by atoms with E-state index in [1.54, 1.807) is 0 Å². The van der Waals surface area contributed by atoms with E-state index >= 15 is 0 Å². The first kappa shape index (κ1) is 12.4. The average Bonchev–Trinajstić information content (AvgIpc) is 2.35. The maximum atomic E-state index is 5.86. The number of halogens is 1. The minimum absolute atomic E-state index is 0.311. The third-order valence-corrected chi connectivity index (χ3v) is 3.43. The summed E-state index contributed by atoms with van der Waals surface area (Å²) in [7, 11) is 0. The Morgan fingerprint density at radius 3 is 3.18 bits per heavy atom. The molecule has 3 N–H and O–H groups in total. The third-order valence-electron chi connectivity index (χ3n) is 3.13. The van der Waals surface area contributed by atoms with Gasteiger partial charge in [0, 0.05) is 12.6 Å². The largest absolute Gasteiger partial charge is 0.393 e. The van der Waals surface area contributed by atoms with Crippen LogP contribution >= 0.6 is 11.6 Å². The summed E-state index contributed by atoms with van der Waals surface area (Å²) in [6, 6.07) is 0.386. The van der Waals surface area contributed by atoms with Crippen LogP contribution in [0.5, 0.6) is 0 Å². The number of piperidine rings is 1. The van der Waals surface area contributed by atoms with Gasteiger partial charge in [-0.2, -0.15) is 0 Å². The molecule has 5 nitrogen and oxygen atoms in total. The molecule has 0 aliphatic carbocycles. The third kappa shape index (κ3) is 2.98. The second-order valence-electron chi connectivity index (χ2n) is 4.30. The molecule has 2 heterocycles. The molecule has 1 atom stereocenters. The van der Waals surface area contributed by atoms with Crippen LogP contribution in [0.2, 0.25) is 5.15 Å². The van der Waals surface area contributed by atoms with Crippen LogP contribution < -0.4 is 11.1 Å². The van der Waals surface area contributed by atoms with E-state index in [4.69, 9.17) is 17.3 Å². The van der Waals surface area contributed by atoms with Crippen molar-refractivity contribution >= 4 is 23.1 Å². The van der Waals surface area contributed by atoms with Crippen LogP contribution in [0.15, 0.2) is 6.33 Å². The van der Waals surface area contributed by atoms with Crippen molar-refractivity contribution in [3.63, 3.8) is 0 Å². The number of nitrogens with zero attached hydrogens (tertiary/aromatic N) is 3. The van der Waals surface area contributed by atoms with Crippen LogP contribution in [0.25, 0.3) is 0 Å². The van der Waals surface area contributed by atoms with Gasteiger partial charge in [-0.3, -0.25) is 0 Å². The van der Waals surface area contributed by atoms with Gasteiger partial charge in [0.15, 0.2) is 11.0 Å². The highest BCUT2D eigenvalue weighted by atomic mass is 35.5. The summed E-state index contributed by atoms with van der Waals surface area (Å²) >= 11 is 5.86. The number of aromatic nitrogens is 2. The summed E-state index contributed by atoms with van der Waals surface area (Å²) in [5.41, 5.74) is 6.27. The molecule has 0 amide bonds. The molecule has 1 aliphatic rings. The van der Waals surface area contributed by atoms with Gasteiger partial charge in [-0.25, -0.2) is 9.97 Å². The molecule has 2 rings (SSSR count). The molecule has 0 saturated carbocycles. The van der Waals surface area contributed by atoms with Gasteiger partial charge >= 0.3 is 0 Å². The Balaban J connectivity index is 2.02. The van der Waals surface area contributed by atoms with Gasteiger partial charge in [0.2, 0.25) is 0 Å². The van der Waals surface area contributed by atoms with E-state index in [9.17, 15) is 0 Å². The number of nitrogen functional groups attached to an aromatic ring is 1. The lowest BCUT2D eigenvalue weighted by Crippen LogP contribution is -2.42. The highest BCUT2D eigenvalue weighted by molar-refractivity contribution is 6.32. The molecule has 0 radical (unpaired) electrons. The Kier molecular flexibility index (Phi) is 4.02. The lowest BCUT2D eigenvalue weighted by Gasteiger charge is -2.32. The van der Waals surface area contributed by atoms with Gasteiger partial charge < -0.3 is 16.0 Å². The zero-order chi connectivity index (χ0) is 12.3. The van der Waals surface area contributed by atoms with E-state index in [2.05, 4.69) is 27.1 Å². The predicted molar refractivity (Wildman–Crippen MR) is 70.2 cm³/mol. The first-order valence-corrected chi connectivity index (χ1v) is 6.33. The Labute approximate surface area is 106 Å². The monoisotopic (exact) mass is 255 g/mol. The number of likely N-dealkylation sites (N-methyl/N-ethyl adjacent to an activating group) is 1. The Morgan fingerprint density at radius 1 is 1.59 bits per heavy atom. The summed E-state index contributed by atoms with van der Waals surface area (Å²) in [6.07, 6.45) is 3.77. The van der Waals surface area contributed by atoms with Crippen LogP contribution in [0.4, 0.5) is 11.5 Å². The van der Waals surface area contributed by atoms with Gasteiger partial charge in [0.1, 0.15) is 12.0 Å². The molecule has 0 spiro atoms. The first-order valence-electron chi connectivity index (χ1n) is 5.95. The summed E-state index contributed by atoms with van der Waals surface area (Å²) in [5.74, 6) is 0.646. The number of hydrogen-bond acceptors (Lipinski definition) is 5. The van der Waals surface area contributed by atoms with Crippen molar-refractivity contribution in [1.29, 1.82) is 0 Å². The molecular formula is C11H18ClN5. The van der Waals surface area contributed by atoms with Crippen molar-refractivity contribution in [3.8, 4) is 0 Å². The van der Waals surface area contributed by atoms with Crippen molar-refractivity contribution in [2.24, 2.45) is 0 Å².